The highest BCUT2D eigenvalue weighted by atomic mass is 15.0. The third kappa shape index (κ3) is 5.49. The molecule has 0 spiro atoms. The van der Waals surface area contributed by atoms with Crippen LogP contribution in [0.1, 0.15) is 68.4 Å². The second kappa shape index (κ2) is 8.58. The SMILES string of the molecule is CCC/C(=C/Cc1cc(C)cc(C)c1C)c1ccccc1NC(C)(C)C. The molecule has 0 radical (unpaired) electrons. The van der Waals surface area contributed by atoms with Gasteiger partial charge in [-0.15, -0.1) is 0 Å². The third-order valence-corrected chi connectivity index (χ3v) is 4.79. The number of hydrogen-bond acceptors (Lipinski definition) is 1. The van der Waals surface area contributed by atoms with Crippen molar-refractivity contribution >= 4 is 11.3 Å². The van der Waals surface area contributed by atoms with Gasteiger partial charge in [0.25, 0.3) is 0 Å². The molecular formula is C25H35N. The van der Waals surface area contributed by atoms with Gasteiger partial charge in [0.05, 0.1) is 0 Å². The molecule has 0 aliphatic carbocycles. The molecule has 0 saturated carbocycles. The van der Waals surface area contributed by atoms with Crippen LogP contribution in [0.4, 0.5) is 5.69 Å². The van der Waals surface area contributed by atoms with E-state index in [1.54, 1.807) is 0 Å². The van der Waals surface area contributed by atoms with Crippen LogP contribution in [0.2, 0.25) is 0 Å². The van der Waals surface area contributed by atoms with Gasteiger partial charge in [-0.25, -0.2) is 0 Å². The average molecular weight is 350 g/mol. The van der Waals surface area contributed by atoms with Gasteiger partial charge in [0.15, 0.2) is 0 Å². The van der Waals surface area contributed by atoms with Crippen molar-refractivity contribution in [3.63, 3.8) is 0 Å². The quantitative estimate of drug-likeness (QED) is 0.579. The first-order chi connectivity index (χ1) is 12.2. The van der Waals surface area contributed by atoms with Crippen LogP contribution in [0, 0.1) is 20.8 Å². The molecule has 1 heteroatoms. The lowest BCUT2D eigenvalue weighted by atomic mass is 9.93. The molecule has 0 aromatic heterocycles. The molecule has 0 bridgehead atoms. The van der Waals surface area contributed by atoms with Gasteiger partial charge < -0.3 is 5.32 Å². The minimum absolute atomic E-state index is 0.0532. The summed E-state index contributed by atoms with van der Waals surface area (Å²) < 4.78 is 0. The molecule has 2 aromatic carbocycles. The number of rotatable bonds is 6. The van der Waals surface area contributed by atoms with E-state index in [2.05, 4.69) is 96.3 Å². The minimum atomic E-state index is 0.0532. The van der Waals surface area contributed by atoms with Gasteiger partial charge in [0, 0.05) is 16.8 Å². The Balaban J connectivity index is 2.40. The molecule has 1 nitrogen and oxygen atoms in total. The zero-order valence-electron chi connectivity index (χ0n) is 17.7. The van der Waals surface area contributed by atoms with Crippen LogP contribution in [0.15, 0.2) is 42.5 Å². The summed E-state index contributed by atoms with van der Waals surface area (Å²) in [5.74, 6) is 0. The van der Waals surface area contributed by atoms with Gasteiger partial charge >= 0.3 is 0 Å². The molecule has 0 unspecified atom stereocenters. The second-order valence-corrected chi connectivity index (χ2v) is 8.47. The molecule has 2 aromatic rings. The molecule has 0 saturated heterocycles. The molecule has 0 aliphatic heterocycles. The number of hydrogen-bond donors (Lipinski definition) is 1. The van der Waals surface area contributed by atoms with Gasteiger partial charge in [-0.05, 0) is 82.7 Å². The van der Waals surface area contributed by atoms with Gasteiger partial charge in [0.2, 0.25) is 0 Å². The van der Waals surface area contributed by atoms with E-state index in [9.17, 15) is 0 Å². The Hall–Kier alpha value is -2.02. The Morgan fingerprint density at radius 2 is 1.73 bits per heavy atom. The average Bonchev–Trinajstić information content (AvgIpc) is 2.54. The summed E-state index contributed by atoms with van der Waals surface area (Å²) in [4.78, 5) is 0. The molecular weight excluding hydrogens is 314 g/mol. The van der Waals surface area contributed by atoms with Crippen LogP contribution in [-0.4, -0.2) is 5.54 Å². The van der Waals surface area contributed by atoms with Crippen molar-refractivity contribution in [2.24, 2.45) is 0 Å². The Morgan fingerprint density at radius 3 is 2.38 bits per heavy atom. The van der Waals surface area contributed by atoms with Gasteiger partial charge in [-0.3, -0.25) is 0 Å². The predicted molar refractivity (Wildman–Crippen MR) is 117 cm³/mol. The van der Waals surface area contributed by atoms with Crippen LogP contribution in [0.25, 0.3) is 5.57 Å². The summed E-state index contributed by atoms with van der Waals surface area (Å²) in [5.41, 5.74) is 9.67. The van der Waals surface area contributed by atoms with E-state index in [0.717, 1.165) is 19.3 Å². The highest BCUT2D eigenvalue weighted by Gasteiger charge is 2.14. The number of para-hydroxylation sites is 1. The molecule has 2 rings (SSSR count). The predicted octanol–water partition coefficient (Wildman–Crippen LogP) is 7.25. The van der Waals surface area contributed by atoms with E-state index < -0.39 is 0 Å². The summed E-state index contributed by atoms with van der Waals surface area (Å²) >= 11 is 0. The minimum Gasteiger partial charge on any atom is -0.380 e. The molecule has 1 N–H and O–H groups in total. The van der Waals surface area contributed by atoms with E-state index in [1.165, 1.54) is 39.1 Å². The van der Waals surface area contributed by atoms with E-state index in [-0.39, 0.29) is 5.54 Å². The number of benzene rings is 2. The van der Waals surface area contributed by atoms with E-state index >= 15 is 0 Å². The molecule has 0 amide bonds. The normalized spacial score (nSPS) is 12.3. The highest BCUT2D eigenvalue weighted by Crippen LogP contribution is 2.30. The Morgan fingerprint density at radius 1 is 1.04 bits per heavy atom. The number of aryl methyl sites for hydroxylation is 2. The van der Waals surface area contributed by atoms with Gasteiger partial charge in [-0.1, -0.05) is 55.3 Å². The summed E-state index contributed by atoms with van der Waals surface area (Å²) in [6.45, 7) is 15.5. The summed E-state index contributed by atoms with van der Waals surface area (Å²) in [7, 11) is 0. The molecule has 0 atom stereocenters. The zero-order chi connectivity index (χ0) is 19.3. The van der Waals surface area contributed by atoms with Crippen molar-refractivity contribution in [3.05, 3.63) is 70.3 Å². The molecule has 140 valence electrons. The van der Waals surface area contributed by atoms with Crippen LogP contribution < -0.4 is 5.32 Å². The van der Waals surface area contributed by atoms with Crippen molar-refractivity contribution < 1.29 is 0 Å². The maximum atomic E-state index is 3.68. The Kier molecular flexibility index (Phi) is 6.69. The van der Waals surface area contributed by atoms with Crippen LogP contribution >= 0.6 is 0 Å². The standard InChI is InChI=1S/C25H35N/c1-8-11-21(14-15-22-17-18(2)16-19(3)20(22)4)23-12-9-10-13-24(23)26-25(5,6)7/h9-10,12-14,16-17,26H,8,11,15H2,1-7H3/b21-14-. The molecule has 0 fully saturated rings. The largest absolute Gasteiger partial charge is 0.380 e. The van der Waals surface area contributed by atoms with Crippen LogP contribution in [0.5, 0.6) is 0 Å². The van der Waals surface area contributed by atoms with Crippen LogP contribution in [0.3, 0.4) is 0 Å². The summed E-state index contributed by atoms with van der Waals surface area (Å²) in [6, 6.07) is 13.3. The highest BCUT2D eigenvalue weighted by molar-refractivity contribution is 5.77. The van der Waals surface area contributed by atoms with Crippen LogP contribution in [-0.2, 0) is 6.42 Å². The van der Waals surface area contributed by atoms with E-state index in [4.69, 9.17) is 0 Å². The maximum Gasteiger partial charge on any atom is 0.0420 e. The zero-order valence-corrected chi connectivity index (χ0v) is 17.7. The fraction of sp³-hybridized carbons (Fsp3) is 0.440. The lowest BCUT2D eigenvalue weighted by Gasteiger charge is -2.25. The third-order valence-electron chi connectivity index (χ3n) is 4.79. The first kappa shape index (κ1) is 20.3. The lowest BCUT2D eigenvalue weighted by Crippen LogP contribution is -2.26. The molecule has 0 heterocycles. The van der Waals surface area contributed by atoms with E-state index in [0.29, 0.717) is 0 Å². The van der Waals surface area contributed by atoms with Crippen molar-refractivity contribution in [1.82, 2.24) is 0 Å². The Bertz CT molecular complexity index is 775. The number of allylic oxidation sites excluding steroid dienone is 2. The second-order valence-electron chi connectivity index (χ2n) is 8.47. The lowest BCUT2D eigenvalue weighted by molar-refractivity contribution is 0.634. The summed E-state index contributed by atoms with van der Waals surface area (Å²) in [5, 5.41) is 3.68. The van der Waals surface area contributed by atoms with Crippen molar-refractivity contribution in [1.29, 1.82) is 0 Å². The fourth-order valence-corrected chi connectivity index (χ4v) is 3.47. The molecule has 0 aliphatic rings. The maximum absolute atomic E-state index is 3.68. The topological polar surface area (TPSA) is 12.0 Å². The molecule has 26 heavy (non-hydrogen) atoms. The first-order valence-electron chi connectivity index (χ1n) is 9.84. The van der Waals surface area contributed by atoms with E-state index in [1.807, 2.05) is 0 Å². The smallest absolute Gasteiger partial charge is 0.0420 e. The van der Waals surface area contributed by atoms with Crippen molar-refractivity contribution in [2.45, 2.75) is 73.3 Å². The number of anilines is 1. The monoisotopic (exact) mass is 349 g/mol. The fourth-order valence-electron chi connectivity index (χ4n) is 3.47. The van der Waals surface area contributed by atoms with Gasteiger partial charge in [-0.2, -0.15) is 0 Å². The number of nitrogens with one attached hydrogen (secondary N) is 1. The van der Waals surface area contributed by atoms with Crippen molar-refractivity contribution in [2.75, 3.05) is 5.32 Å². The first-order valence-corrected chi connectivity index (χ1v) is 9.84. The summed E-state index contributed by atoms with van der Waals surface area (Å²) in [6.07, 6.45) is 5.69. The Labute approximate surface area is 160 Å². The van der Waals surface area contributed by atoms with Crippen molar-refractivity contribution in [3.8, 4) is 0 Å². The van der Waals surface area contributed by atoms with Gasteiger partial charge in [0.1, 0.15) is 0 Å².